The van der Waals surface area contributed by atoms with Crippen LogP contribution < -0.4 is 0 Å². The fraction of sp³-hybridized carbons (Fsp3) is 1.00. The van der Waals surface area contributed by atoms with Crippen LogP contribution in [0.2, 0.25) is 0 Å². The van der Waals surface area contributed by atoms with Gasteiger partial charge in [-0.2, -0.15) is 0 Å². The van der Waals surface area contributed by atoms with E-state index in [1.807, 2.05) is 0 Å². The molecule has 1 aliphatic rings. The number of unbranched alkanes of at least 4 members (excludes halogenated alkanes) is 4. The topological polar surface area (TPSA) is 0 Å². The quantitative estimate of drug-likeness (QED) is 0.221. The maximum atomic E-state index is 2.39. The SMILES string of the molecule is CCCC[P+](CCCC)(CCCC)CCCCC1CCCCC1. The summed E-state index contributed by atoms with van der Waals surface area (Å²) >= 11 is 0. The first kappa shape index (κ1) is 21.5. The van der Waals surface area contributed by atoms with Gasteiger partial charge >= 0.3 is 0 Å². The summed E-state index contributed by atoms with van der Waals surface area (Å²) in [5, 5.41) is 0. The largest absolute Gasteiger partial charge is 0.0652 e. The highest BCUT2D eigenvalue weighted by Crippen LogP contribution is 2.61. The molecule has 0 nitrogen and oxygen atoms in total. The lowest BCUT2D eigenvalue weighted by molar-refractivity contribution is 0.331. The Labute approximate surface area is 148 Å². The zero-order chi connectivity index (χ0) is 16.8. The molecule has 0 bridgehead atoms. The van der Waals surface area contributed by atoms with E-state index in [1.54, 1.807) is 50.3 Å². The van der Waals surface area contributed by atoms with Crippen molar-refractivity contribution >= 4 is 7.26 Å². The molecule has 23 heavy (non-hydrogen) atoms. The molecule has 0 aromatic carbocycles. The van der Waals surface area contributed by atoms with Crippen molar-refractivity contribution in [1.29, 1.82) is 0 Å². The Kier molecular flexibility index (Phi) is 12.8. The molecule has 0 unspecified atom stereocenters. The molecule has 0 atom stereocenters. The molecular weight excluding hydrogens is 295 g/mol. The van der Waals surface area contributed by atoms with Gasteiger partial charge in [0.2, 0.25) is 0 Å². The zero-order valence-electron chi connectivity index (χ0n) is 16.8. The first-order valence-electron chi connectivity index (χ1n) is 11.1. The number of hydrogen-bond donors (Lipinski definition) is 0. The van der Waals surface area contributed by atoms with Crippen molar-refractivity contribution in [2.45, 2.75) is 111 Å². The summed E-state index contributed by atoms with van der Waals surface area (Å²) in [5.74, 6) is 1.10. The summed E-state index contributed by atoms with van der Waals surface area (Å²) in [6.45, 7) is 7.16. The van der Waals surface area contributed by atoms with Crippen LogP contribution in [0.4, 0.5) is 0 Å². The Bertz CT molecular complexity index is 233. The highest BCUT2D eigenvalue weighted by atomic mass is 31.2. The molecule has 0 heterocycles. The van der Waals surface area contributed by atoms with E-state index in [1.165, 1.54) is 64.2 Å². The highest BCUT2D eigenvalue weighted by molar-refractivity contribution is 7.75. The maximum Gasteiger partial charge on any atom is 0.0594 e. The number of rotatable bonds is 14. The third-order valence-corrected chi connectivity index (χ3v) is 11.2. The molecule has 1 aliphatic carbocycles. The van der Waals surface area contributed by atoms with Crippen LogP contribution in [0.3, 0.4) is 0 Å². The van der Waals surface area contributed by atoms with E-state index >= 15 is 0 Å². The summed E-state index contributed by atoms with van der Waals surface area (Å²) in [7, 11) is -0.616. The molecule has 0 aliphatic heterocycles. The van der Waals surface area contributed by atoms with Gasteiger partial charge in [0.05, 0.1) is 24.6 Å². The Morgan fingerprint density at radius 2 is 1.09 bits per heavy atom. The third-order valence-electron chi connectivity index (χ3n) is 6.18. The van der Waals surface area contributed by atoms with Crippen LogP contribution in [-0.2, 0) is 0 Å². The van der Waals surface area contributed by atoms with Crippen molar-refractivity contribution in [3.8, 4) is 0 Å². The Morgan fingerprint density at radius 1 is 0.609 bits per heavy atom. The predicted octanol–water partition coefficient (Wildman–Crippen LogP) is 8.15. The molecule has 1 fully saturated rings. The van der Waals surface area contributed by atoms with Crippen LogP contribution in [-0.4, -0.2) is 24.6 Å². The second-order valence-corrected chi connectivity index (χ2v) is 12.8. The molecule has 1 rings (SSSR count). The lowest BCUT2D eigenvalue weighted by atomic mass is 9.86. The lowest BCUT2D eigenvalue weighted by Crippen LogP contribution is -2.13. The molecule has 0 saturated heterocycles. The van der Waals surface area contributed by atoms with Gasteiger partial charge in [0.25, 0.3) is 0 Å². The van der Waals surface area contributed by atoms with Gasteiger partial charge in [-0.15, -0.1) is 0 Å². The van der Waals surface area contributed by atoms with Crippen molar-refractivity contribution < 1.29 is 0 Å². The van der Waals surface area contributed by atoms with Crippen molar-refractivity contribution in [2.75, 3.05) is 24.6 Å². The third kappa shape index (κ3) is 9.48. The second kappa shape index (κ2) is 13.7. The highest BCUT2D eigenvalue weighted by Gasteiger charge is 2.34. The molecular formula is C22H46P+. The summed E-state index contributed by atoms with van der Waals surface area (Å²) < 4.78 is 0. The van der Waals surface area contributed by atoms with Gasteiger partial charge in [0.15, 0.2) is 0 Å². The van der Waals surface area contributed by atoms with Gasteiger partial charge in [0.1, 0.15) is 0 Å². The van der Waals surface area contributed by atoms with Gasteiger partial charge in [0, 0.05) is 7.26 Å². The van der Waals surface area contributed by atoms with E-state index in [4.69, 9.17) is 0 Å². The zero-order valence-corrected chi connectivity index (χ0v) is 17.6. The molecule has 1 heteroatoms. The minimum atomic E-state index is -0.616. The first-order valence-corrected chi connectivity index (χ1v) is 13.6. The average molecular weight is 342 g/mol. The van der Waals surface area contributed by atoms with Gasteiger partial charge in [-0.1, -0.05) is 78.6 Å². The smallest absolute Gasteiger partial charge is 0.0594 e. The number of hydrogen-bond acceptors (Lipinski definition) is 0. The summed E-state index contributed by atoms with van der Waals surface area (Å²) in [6, 6.07) is 0. The van der Waals surface area contributed by atoms with E-state index in [0.29, 0.717) is 0 Å². The summed E-state index contributed by atoms with van der Waals surface area (Å²) in [6.07, 6.45) is 27.5. The summed E-state index contributed by atoms with van der Waals surface area (Å²) in [4.78, 5) is 0. The van der Waals surface area contributed by atoms with Crippen LogP contribution in [0.15, 0.2) is 0 Å². The molecule has 0 N–H and O–H groups in total. The molecule has 0 spiro atoms. The minimum absolute atomic E-state index is 0.616. The molecule has 0 aromatic rings. The second-order valence-electron chi connectivity index (χ2n) is 8.30. The molecule has 138 valence electrons. The Hall–Kier alpha value is 0.430. The van der Waals surface area contributed by atoms with E-state index in [0.717, 1.165) is 5.92 Å². The Balaban J connectivity index is 2.40. The maximum absolute atomic E-state index is 2.39. The standard InChI is InChI=1S/C22H46P/c1-4-7-18-23(19-8-5-2,20-9-6-3)21-14-13-17-22-15-11-10-12-16-22/h22H,4-21H2,1-3H3/q+1. The Morgan fingerprint density at radius 3 is 1.57 bits per heavy atom. The van der Waals surface area contributed by atoms with Gasteiger partial charge in [-0.3, -0.25) is 0 Å². The molecule has 0 amide bonds. The van der Waals surface area contributed by atoms with Crippen LogP contribution >= 0.6 is 7.26 Å². The van der Waals surface area contributed by atoms with Crippen LogP contribution in [0.25, 0.3) is 0 Å². The first-order chi connectivity index (χ1) is 11.3. The van der Waals surface area contributed by atoms with Crippen molar-refractivity contribution in [2.24, 2.45) is 5.92 Å². The minimum Gasteiger partial charge on any atom is -0.0652 e. The lowest BCUT2D eigenvalue weighted by Gasteiger charge is -2.28. The van der Waals surface area contributed by atoms with E-state index in [2.05, 4.69) is 20.8 Å². The van der Waals surface area contributed by atoms with E-state index in [9.17, 15) is 0 Å². The van der Waals surface area contributed by atoms with Gasteiger partial charge in [-0.05, 0) is 38.0 Å². The molecule has 1 saturated carbocycles. The van der Waals surface area contributed by atoms with Crippen molar-refractivity contribution in [3.63, 3.8) is 0 Å². The van der Waals surface area contributed by atoms with Crippen molar-refractivity contribution in [3.05, 3.63) is 0 Å². The summed E-state index contributed by atoms with van der Waals surface area (Å²) in [5.41, 5.74) is 0. The van der Waals surface area contributed by atoms with Crippen molar-refractivity contribution in [1.82, 2.24) is 0 Å². The van der Waals surface area contributed by atoms with Gasteiger partial charge < -0.3 is 0 Å². The van der Waals surface area contributed by atoms with E-state index < -0.39 is 7.26 Å². The molecule has 0 aromatic heterocycles. The average Bonchev–Trinajstić information content (AvgIpc) is 2.60. The predicted molar refractivity (Wildman–Crippen MR) is 112 cm³/mol. The normalized spacial score (nSPS) is 16.8. The van der Waals surface area contributed by atoms with Crippen LogP contribution in [0, 0.1) is 5.92 Å². The fourth-order valence-electron chi connectivity index (χ4n) is 4.51. The van der Waals surface area contributed by atoms with E-state index in [-0.39, 0.29) is 0 Å². The van der Waals surface area contributed by atoms with Gasteiger partial charge in [-0.25, -0.2) is 0 Å². The molecule has 0 radical (unpaired) electrons. The van der Waals surface area contributed by atoms with Crippen LogP contribution in [0.5, 0.6) is 0 Å². The monoisotopic (exact) mass is 341 g/mol. The van der Waals surface area contributed by atoms with Crippen LogP contribution in [0.1, 0.15) is 111 Å². The fourth-order valence-corrected chi connectivity index (χ4v) is 9.70.